The van der Waals surface area contributed by atoms with Gasteiger partial charge in [-0.05, 0) is 43.2 Å². The Balaban J connectivity index is 2.30. The van der Waals surface area contributed by atoms with Crippen LogP contribution in [0.4, 0.5) is 0 Å². The van der Waals surface area contributed by atoms with E-state index >= 15 is 0 Å². The van der Waals surface area contributed by atoms with Crippen molar-refractivity contribution < 1.29 is 0 Å². The molecule has 0 fully saturated rings. The van der Waals surface area contributed by atoms with E-state index in [4.69, 9.17) is 10.2 Å². The molecule has 0 bridgehead atoms. The molecule has 2 aromatic carbocycles. The Morgan fingerprint density at radius 1 is 1.15 bits per heavy atom. The van der Waals surface area contributed by atoms with E-state index < -0.39 is 0 Å². The molecular weight excluding hydrogens is 246 g/mol. The van der Waals surface area contributed by atoms with Crippen LogP contribution < -0.4 is 0 Å². The molecule has 0 saturated heterocycles. The van der Waals surface area contributed by atoms with E-state index in [9.17, 15) is 0 Å². The molecule has 0 spiro atoms. The summed E-state index contributed by atoms with van der Waals surface area (Å²) in [5.41, 5.74) is 6.20. The smallest absolute Gasteiger partial charge is 0.141 e. The summed E-state index contributed by atoms with van der Waals surface area (Å²) in [5, 5.41) is 9.01. The lowest BCUT2D eigenvalue weighted by Gasteiger charge is -2.08. The van der Waals surface area contributed by atoms with Crippen molar-refractivity contribution in [2.24, 2.45) is 7.05 Å². The maximum absolute atomic E-state index is 9.01. The molecule has 3 heteroatoms. The van der Waals surface area contributed by atoms with E-state index in [1.165, 1.54) is 11.1 Å². The fraction of sp³-hybridized carbons (Fsp3) is 0.176. The second-order valence-corrected chi connectivity index (χ2v) is 5.06. The van der Waals surface area contributed by atoms with Gasteiger partial charge >= 0.3 is 0 Å². The van der Waals surface area contributed by atoms with Crippen LogP contribution in [0.2, 0.25) is 0 Å². The van der Waals surface area contributed by atoms with E-state index in [2.05, 4.69) is 42.7 Å². The van der Waals surface area contributed by atoms with Crippen molar-refractivity contribution in [3.63, 3.8) is 0 Å². The first-order valence-corrected chi connectivity index (χ1v) is 6.55. The molecule has 0 unspecified atom stereocenters. The highest BCUT2D eigenvalue weighted by Gasteiger charge is 2.12. The summed E-state index contributed by atoms with van der Waals surface area (Å²) < 4.78 is 2.05. The van der Waals surface area contributed by atoms with Crippen molar-refractivity contribution >= 4 is 11.0 Å². The number of nitrogens with zero attached hydrogens (tertiary/aromatic N) is 3. The van der Waals surface area contributed by atoms with Crippen LogP contribution in [0, 0.1) is 25.2 Å². The van der Waals surface area contributed by atoms with Crippen LogP contribution in [-0.2, 0) is 7.05 Å². The van der Waals surface area contributed by atoms with Gasteiger partial charge in [0.25, 0.3) is 0 Å². The Bertz CT molecular complexity index is 851. The SMILES string of the molecule is Cc1cccc(-c2nc3ccc(C#N)cc3n2C)c1C. The number of aromatic nitrogens is 2. The molecule has 0 N–H and O–H groups in total. The summed E-state index contributed by atoms with van der Waals surface area (Å²) >= 11 is 0. The third-order valence-corrected chi connectivity index (χ3v) is 3.86. The van der Waals surface area contributed by atoms with Gasteiger partial charge in [-0.1, -0.05) is 18.2 Å². The fourth-order valence-corrected chi connectivity index (χ4v) is 2.49. The van der Waals surface area contributed by atoms with Gasteiger partial charge in [0, 0.05) is 12.6 Å². The van der Waals surface area contributed by atoms with E-state index in [1.54, 1.807) is 0 Å². The molecule has 1 aromatic heterocycles. The molecule has 3 nitrogen and oxygen atoms in total. The molecule has 0 atom stereocenters. The molecule has 98 valence electrons. The minimum atomic E-state index is 0.660. The Morgan fingerprint density at radius 3 is 2.70 bits per heavy atom. The zero-order valence-electron chi connectivity index (χ0n) is 11.8. The summed E-state index contributed by atoms with van der Waals surface area (Å²) in [6.07, 6.45) is 0. The van der Waals surface area contributed by atoms with Gasteiger partial charge in [0.2, 0.25) is 0 Å². The average molecular weight is 261 g/mol. The third kappa shape index (κ3) is 1.78. The van der Waals surface area contributed by atoms with Crippen LogP contribution >= 0.6 is 0 Å². The first-order chi connectivity index (χ1) is 9.61. The molecule has 3 aromatic rings. The fourth-order valence-electron chi connectivity index (χ4n) is 2.49. The number of aryl methyl sites for hydroxylation is 2. The van der Waals surface area contributed by atoms with Gasteiger partial charge in [0.15, 0.2) is 0 Å². The minimum absolute atomic E-state index is 0.660. The average Bonchev–Trinajstić information content (AvgIpc) is 2.78. The molecule has 0 amide bonds. The van der Waals surface area contributed by atoms with Gasteiger partial charge in [0.05, 0.1) is 22.7 Å². The molecule has 0 radical (unpaired) electrons. The summed E-state index contributed by atoms with van der Waals surface area (Å²) in [7, 11) is 1.99. The Hall–Kier alpha value is -2.60. The maximum atomic E-state index is 9.01. The quantitative estimate of drug-likeness (QED) is 0.669. The molecule has 3 rings (SSSR count). The molecule has 0 saturated carbocycles. The predicted molar refractivity (Wildman–Crippen MR) is 80.3 cm³/mol. The van der Waals surface area contributed by atoms with E-state index in [1.807, 2.05) is 25.2 Å². The molecular formula is C17H15N3. The highest BCUT2D eigenvalue weighted by molar-refractivity contribution is 5.82. The number of rotatable bonds is 1. The third-order valence-electron chi connectivity index (χ3n) is 3.86. The summed E-state index contributed by atoms with van der Waals surface area (Å²) in [4.78, 5) is 4.71. The zero-order valence-corrected chi connectivity index (χ0v) is 11.8. The van der Waals surface area contributed by atoms with Gasteiger partial charge < -0.3 is 4.57 Å². The Kier molecular flexibility index (Phi) is 2.80. The predicted octanol–water partition coefficient (Wildman–Crippen LogP) is 3.73. The van der Waals surface area contributed by atoms with Gasteiger partial charge in [-0.25, -0.2) is 4.98 Å². The summed E-state index contributed by atoms with van der Waals surface area (Å²) in [6, 6.07) is 14.0. The number of hydrogen-bond acceptors (Lipinski definition) is 2. The zero-order chi connectivity index (χ0) is 14.3. The van der Waals surface area contributed by atoms with Crippen molar-refractivity contribution in [3.05, 3.63) is 53.1 Å². The van der Waals surface area contributed by atoms with Crippen molar-refractivity contribution in [1.29, 1.82) is 5.26 Å². The van der Waals surface area contributed by atoms with Crippen LogP contribution in [0.3, 0.4) is 0 Å². The number of hydrogen-bond donors (Lipinski definition) is 0. The molecule has 20 heavy (non-hydrogen) atoms. The van der Waals surface area contributed by atoms with Crippen LogP contribution in [0.1, 0.15) is 16.7 Å². The van der Waals surface area contributed by atoms with Crippen molar-refractivity contribution in [2.75, 3.05) is 0 Å². The standard InChI is InChI=1S/C17H15N3/c1-11-5-4-6-14(12(11)2)17-19-15-8-7-13(10-18)9-16(15)20(17)3/h4-9H,1-3H3. The first-order valence-electron chi connectivity index (χ1n) is 6.55. The van der Waals surface area contributed by atoms with Crippen LogP contribution in [0.5, 0.6) is 0 Å². The molecule has 1 heterocycles. The van der Waals surface area contributed by atoms with Gasteiger partial charge in [-0.15, -0.1) is 0 Å². The molecule has 0 aliphatic heterocycles. The summed E-state index contributed by atoms with van der Waals surface area (Å²) in [6.45, 7) is 4.22. The largest absolute Gasteiger partial charge is 0.327 e. The normalized spacial score (nSPS) is 10.7. The van der Waals surface area contributed by atoms with E-state index in [0.717, 1.165) is 22.4 Å². The van der Waals surface area contributed by atoms with E-state index in [-0.39, 0.29) is 0 Å². The van der Waals surface area contributed by atoms with Gasteiger partial charge in [0.1, 0.15) is 5.82 Å². The van der Waals surface area contributed by atoms with Gasteiger partial charge in [-0.3, -0.25) is 0 Å². The van der Waals surface area contributed by atoms with Crippen LogP contribution in [0.15, 0.2) is 36.4 Å². The Morgan fingerprint density at radius 2 is 1.95 bits per heavy atom. The van der Waals surface area contributed by atoms with E-state index in [0.29, 0.717) is 5.56 Å². The van der Waals surface area contributed by atoms with Crippen molar-refractivity contribution in [2.45, 2.75) is 13.8 Å². The topological polar surface area (TPSA) is 41.6 Å². The number of nitriles is 1. The lowest BCUT2D eigenvalue weighted by Crippen LogP contribution is -1.95. The van der Waals surface area contributed by atoms with Crippen LogP contribution in [-0.4, -0.2) is 9.55 Å². The number of benzene rings is 2. The van der Waals surface area contributed by atoms with Gasteiger partial charge in [-0.2, -0.15) is 5.26 Å². The molecule has 0 aliphatic rings. The second-order valence-electron chi connectivity index (χ2n) is 5.06. The first kappa shape index (κ1) is 12.4. The van der Waals surface area contributed by atoms with Crippen molar-refractivity contribution in [1.82, 2.24) is 9.55 Å². The van der Waals surface area contributed by atoms with Crippen LogP contribution in [0.25, 0.3) is 22.4 Å². The maximum Gasteiger partial charge on any atom is 0.141 e. The highest BCUT2D eigenvalue weighted by atomic mass is 15.1. The molecule has 0 aliphatic carbocycles. The Labute approximate surface area is 118 Å². The van der Waals surface area contributed by atoms with Crippen molar-refractivity contribution in [3.8, 4) is 17.5 Å². The highest BCUT2D eigenvalue weighted by Crippen LogP contribution is 2.28. The number of imidazole rings is 1. The number of fused-ring (bicyclic) bond motifs is 1. The summed E-state index contributed by atoms with van der Waals surface area (Å²) in [5.74, 6) is 0.941. The minimum Gasteiger partial charge on any atom is -0.327 e. The second kappa shape index (κ2) is 4.50. The monoisotopic (exact) mass is 261 g/mol. The lowest BCUT2D eigenvalue weighted by molar-refractivity contribution is 0.956. The lowest BCUT2D eigenvalue weighted by atomic mass is 10.0.